The summed E-state index contributed by atoms with van der Waals surface area (Å²) in [6, 6.07) is 6.26. The predicted octanol–water partition coefficient (Wildman–Crippen LogP) is 2.76. The highest BCUT2D eigenvalue weighted by Gasteiger charge is 2.21. The maximum Gasteiger partial charge on any atom is 0.300 e. The SMILES string of the molecule is Cc1ccc(S(=O)(=O)OC2C=CC(N=[N+]=[N-])=CO2)cc1. The van der Waals surface area contributed by atoms with E-state index in [1.54, 1.807) is 12.1 Å². The van der Waals surface area contributed by atoms with Crippen LogP contribution in [0.25, 0.3) is 10.4 Å². The molecule has 1 aliphatic heterocycles. The zero-order chi connectivity index (χ0) is 14.6. The van der Waals surface area contributed by atoms with E-state index in [2.05, 4.69) is 10.0 Å². The first-order valence-electron chi connectivity index (χ1n) is 5.60. The maximum atomic E-state index is 12.0. The Morgan fingerprint density at radius 2 is 2.05 bits per heavy atom. The number of aryl methyl sites for hydroxylation is 1. The van der Waals surface area contributed by atoms with Gasteiger partial charge in [0.2, 0.25) is 6.29 Å². The first-order chi connectivity index (χ1) is 9.51. The molecule has 7 nitrogen and oxygen atoms in total. The third kappa shape index (κ3) is 3.39. The van der Waals surface area contributed by atoms with Gasteiger partial charge < -0.3 is 4.74 Å². The molecule has 0 aliphatic carbocycles. The van der Waals surface area contributed by atoms with Crippen molar-refractivity contribution in [2.75, 3.05) is 0 Å². The second kappa shape index (κ2) is 5.79. The van der Waals surface area contributed by atoms with Gasteiger partial charge in [-0.1, -0.05) is 22.8 Å². The molecule has 0 spiro atoms. The van der Waals surface area contributed by atoms with Gasteiger partial charge in [0.05, 0.1) is 16.9 Å². The molecule has 20 heavy (non-hydrogen) atoms. The van der Waals surface area contributed by atoms with E-state index in [1.807, 2.05) is 6.92 Å². The molecule has 0 saturated carbocycles. The summed E-state index contributed by atoms with van der Waals surface area (Å²) in [4.78, 5) is 2.63. The summed E-state index contributed by atoms with van der Waals surface area (Å²) in [5, 5.41) is 3.31. The smallest absolute Gasteiger partial charge is 0.300 e. The van der Waals surface area contributed by atoms with Crippen molar-refractivity contribution >= 4 is 10.1 Å². The van der Waals surface area contributed by atoms with Crippen LogP contribution in [0.4, 0.5) is 0 Å². The zero-order valence-corrected chi connectivity index (χ0v) is 11.3. The number of hydrogen-bond donors (Lipinski definition) is 0. The molecule has 0 aromatic heterocycles. The molecule has 1 aromatic rings. The number of hydrogen-bond acceptors (Lipinski definition) is 5. The molecule has 0 N–H and O–H groups in total. The fraction of sp³-hybridized carbons (Fsp3) is 0.167. The van der Waals surface area contributed by atoms with Crippen LogP contribution in [-0.2, 0) is 19.0 Å². The number of rotatable bonds is 4. The van der Waals surface area contributed by atoms with Crippen LogP contribution < -0.4 is 0 Å². The van der Waals surface area contributed by atoms with Crippen LogP contribution in [0, 0.1) is 6.92 Å². The minimum absolute atomic E-state index is 0.0462. The summed E-state index contributed by atoms with van der Waals surface area (Å²) in [6.07, 6.45) is 2.81. The molecule has 0 fully saturated rings. The van der Waals surface area contributed by atoms with E-state index in [4.69, 9.17) is 14.5 Å². The van der Waals surface area contributed by atoms with E-state index in [1.165, 1.54) is 24.3 Å². The lowest BCUT2D eigenvalue weighted by atomic mass is 10.2. The van der Waals surface area contributed by atoms with Crippen molar-refractivity contribution in [3.63, 3.8) is 0 Å². The van der Waals surface area contributed by atoms with E-state index < -0.39 is 16.4 Å². The van der Waals surface area contributed by atoms with Gasteiger partial charge in [0.1, 0.15) is 0 Å². The van der Waals surface area contributed by atoms with Gasteiger partial charge in [-0.05, 0) is 36.7 Å². The van der Waals surface area contributed by atoms with Gasteiger partial charge in [-0.3, -0.25) is 0 Å². The Bertz CT molecular complexity index is 701. The van der Waals surface area contributed by atoms with Gasteiger partial charge in [-0.25, -0.2) is 4.18 Å². The minimum Gasteiger partial charge on any atom is -0.467 e. The molecule has 1 aromatic carbocycles. The Morgan fingerprint density at radius 1 is 1.35 bits per heavy atom. The quantitative estimate of drug-likeness (QED) is 0.368. The van der Waals surface area contributed by atoms with Gasteiger partial charge in [0, 0.05) is 4.91 Å². The molecule has 0 radical (unpaired) electrons. The van der Waals surface area contributed by atoms with Crippen molar-refractivity contribution in [1.29, 1.82) is 0 Å². The molecular weight excluding hydrogens is 282 g/mol. The van der Waals surface area contributed by atoms with Crippen LogP contribution >= 0.6 is 0 Å². The monoisotopic (exact) mass is 293 g/mol. The predicted molar refractivity (Wildman–Crippen MR) is 70.7 cm³/mol. The molecule has 0 saturated heterocycles. The average molecular weight is 293 g/mol. The standard InChI is InChI=1S/C12H11N3O4S/c1-9-2-5-11(6-3-9)20(16,17)19-12-7-4-10(8-18-12)14-15-13/h2-8,12H,1H3. The number of azide groups is 1. The number of benzene rings is 1. The summed E-state index contributed by atoms with van der Waals surface area (Å²) < 4.78 is 33.9. The lowest BCUT2D eigenvalue weighted by molar-refractivity contribution is 0.0118. The van der Waals surface area contributed by atoms with Gasteiger partial charge >= 0.3 is 10.1 Å². The minimum atomic E-state index is -3.92. The van der Waals surface area contributed by atoms with E-state index >= 15 is 0 Å². The van der Waals surface area contributed by atoms with Crippen molar-refractivity contribution in [3.05, 3.63) is 64.4 Å². The van der Waals surface area contributed by atoms with E-state index in [0.717, 1.165) is 11.8 Å². The maximum absolute atomic E-state index is 12.0. The summed E-state index contributed by atoms with van der Waals surface area (Å²) in [5.41, 5.74) is 9.42. The Hall–Kier alpha value is -2.28. The largest absolute Gasteiger partial charge is 0.467 e. The highest BCUT2D eigenvalue weighted by molar-refractivity contribution is 7.86. The fourth-order valence-corrected chi connectivity index (χ4v) is 2.39. The highest BCUT2D eigenvalue weighted by Crippen LogP contribution is 2.19. The van der Waals surface area contributed by atoms with E-state index in [0.29, 0.717) is 0 Å². The molecule has 0 bridgehead atoms. The molecule has 1 heterocycles. The van der Waals surface area contributed by atoms with Crippen molar-refractivity contribution in [3.8, 4) is 0 Å². The van der Waals surface area contributed by atoms with Gasteiger partial charge in [-0.15, -0.1) is 0 Å². The number of ether oxygens (including phenoxy) is 1. The highest BCUT2D eigenvalue weighted by atomic mass is 32.2. The third-order valence-corrected chi connectivity index (χ3v) is 3.73. The zero-order valence-electron chi connectivity index (χ0n) is 10.5. The van der Waals surface area contributed by atoms with Crippen LogP contribution in [0.3, 0.4) is 0 Å². The first-order valence-corrected chi connectivity index (χ1v) is 7.01. The van der Waals surface area contributed by atoms with Crippen LogP contribution in [0.2, 0.25) is 0 Å². The summed E-state index contributed by atoms with van der Waals surface area (Å²) >= 11 is 0. The summed E-state index contributed by atoms with van der Waals surface area (Å²) in [6.45, 7) is 1.85. The lowest BCUT2D eigenvalue weighted by Crippen LogP contribution is -2.19. The molecule has 2 rings (SSSR count). The second-order valence-corrected chi connectivity index (χ2v) is 5.53. The van der Waals surface area contributed by atoms with Crippen LogP contribution in [0.1, 0.15) is 5.56 Å². The molecule has 1 aliphatic rings. The summed E-state index contributed by atoms with van der Waals surface area (Å²) in [5.74, 6) is 0. The van der Waals surface area contributed by atoms with Crippen molar-refractivity contribution < 1.29 is 17.3 Å². The van der Waals surface area contributed by atoms with Gasteiger partial charge in [-0.2, -0.15) is 8.42 Å². The second-order valence-electron chi connectivity index (χ2n) is 3.96. The Kier molecular flexibility index (Phi) is 4.09. The first kappa shape index (κ1) is 14.1. The third-order valence-electron chi connectivity index (χ3n) is 2.44. The van der Waals surface area contributed by atoms with Crippen LogP contribution in [0.5, 0.6) is 0 Å². The molecule has 0 amide bonds. The van der Waals surface area contributed by atoms with Crippen molar-refractivity contribution in [2.45, 2.75) is 18.1 Å². The van der Waals surface area contributed by atoms with Crippen molar-refractivity contribution in [1.82, 2.24) is 0 Å². The topological polar surface area (TPSA) is 101 Å². The average Bonchev–Trinajstić information content (AvgIpc) is 2.41. The normalized spacial score (nSPS) is 17.9. The van der Waals surface area contributed by atoms with Gasteiger partial charge in [0.15, 0.2) is 0 Å². The van der Waals surface area contributed by atoms with Crippen LogP contribution in [0.15, 0.2) is 58.4 Å². The lowest BCUT2D eigenvalue weighted by Gasteiger charge is -2.16. The molecule has 1 unspecified atom stereocenters. The fourth-order valence-electron chi connectivity index (χ4n) is 1.45. The summed E-state index contributed by atoms with van der Waals surface area (Å²) in [7, 11) is -3.92. The number of allylic oxidation sites excluding steroid dienone is 1. The molecular formula is C12H11N3O4S. The Balaban J connectivity index is 2.09. The van der Waals surface area contributed by atoms with E-state index in [-0.39, 0.29) is 10.6 Å². The Morgan fingerprint density at radius 3 is 2.60 bits per heavy atom. The van der Waals surface area contributed by atoms with E-state index in [9.17, 15) is 8.42 Å². The van der Waals surface area contributed by atoms with Crippen LogP contribution in [-0.4, -0.2) is 14.7 Å². The Labute approximate surface area is 115 Å². The number of nitrogens with zero attached hydrogens (tertiary/aromatic N) is 3. The molecule has 8 heteroatoms. The molecule has 1 atom stereocenters. The molecule has 104 valence electrons. The van der Waals surface area contributed by atoms with Gasteiger partial charge in [0.25, 0.3) is 0 Å². The van der Waals surface area contributed by atoms with Crippen molar-refractivity contribution in [2.24, 2.45) is 5.11 Å².